The van der Waals surface area contributed by atoms with E-state index in [0.29, 0.717) is 18.0 Å². The van der Waals surface area contributed by atoms with Crippen LogP contribution in [0.1, 0.15) is 11.3 Å². The van der Waals surface area contributed by atoms with Crippen LogP contribution in [0.5, 0.6) is 11.5 Å². The molecule has 4 heteroatoms. The summed E-state index contributed by atoms with van der Waals surface area (Å²) in [6.07, 6.45) is 5.03. The minimum absolute atomic E-state index is 0.428. The number of hydrogen-bond acceptors (Lipinski definition) is 4. The lowest BCUT2D eigenvalue weighted by atomic mass is 10.2. The van der Waals surface area contributed by atoms with E-state index in [4.69, 9.17) is 10.5 Å². The molecule has 0 spiro atoms. The molecule has 2 heterocycles. The molecule has 82 valence electrons. The highest BCUT2D eigenvalue weighted by molar-refractivity contribution is 5.34. The fourth-order valence-electron chi connectivity index (χ4n) is 1.31. The second-order valence-electron chi connectivity index (χ2n) is 3.42. The van der Waals surface area contributed by atoms with E-state index in [9.17, 15) is 0 Å². The van der Waals surface area contributed by atoms with Gasteiger partial charge in [0.15, 0.2) is 0 Å². The van der Waals surface area contributed by atoms with Gasteiger partial charge in [-0.2, -0.15) is 0 Å². The summed E-state index contributed by atoms with van der Waals surface area (Å²) < 4.78 is 5.65. The summed E-state index contributed by atoms with van der Waals surface area (Å²) in [6.45, 7) is 2.36. The predicted molar refractivity (Wildman–Crippen MR) is 61.2 cm³/mol. The standard InChI is InChI=1S/C12H13N3O/c1-9-2-3-11(7-15-9)16-12-8-14-5-4-10(12)6-13/h2-5,7-8H,6,13H2,1H3. The molecule has 2 N–H and O–H groups in total. The summed E-state index contributed by atoms with van der Waals surface area (Å²) in [7, 11) is 0. The van der Waals surface area contributed by atoms with Crippen LogP contribution in [0.2, 0.25) is 0 Å². The van der Waals surface area contributed by atoms with Crippen molar-refractivity contribution in [3.8, 4) is 11.5 Å². The van der Waals surface area contributed by atoms with Crippen LogP contribution in [0.3, 0.4) is 0 Å². The van der Waals surface area contributed by atoms with Gasteiger partial charge in [0.2, 0.25) is 0 Å². The summed E-state index contributed by atoms with van der Waals surface area (Å²) in [5.74, 6) is 1.36. The van der Waals surface area contributed by atoms with Crippen molar-refractivity contribution in [2.24, 2.45) is 5.73 Å². The first-order valence-corrected chi connectivity index (χ1v) is 5.03. The summed E-state index contributed by atoms with van der Waals surface area (Å²) in [5, 5.41) is 0. The minimum atomic E-state index is 0.428. The highest BCUT2D eigenvalue weighted by Crippen LogP contribution is 2.23. The Kier molecular flexibility index (Phi) is 3.12. The monoisotopic (exact) mass is 215 g/mol. The quantitative estimate of drug-likeness (QED) is 0.851. The maximum absolute atomic E-state index is 5.65. The molecule has 0 fully saturated rings. The molecule has 0 aliphatic rings. The Morgan fingerprint density at radius 1 is 1.25 bits per heavy atom. The lowest BCUT2D eigenvalue weighted by Gasteiger charge is -2.08. The summed E-state index contributed by atoms with van der Waals surface area (Å²) in [6, 6.07) is 5.61. The predicted octanol–water partition coefficient (Wildman–Crippen LogP) is 2.04. The zero-order chi connectivity index (χ0) is 11.4. The average molecular weight is 215 g/mol. The number of pyridine rings is 2. The van der Waals surface area contributed by atoms with Crippen LogP contribution in [-0.4, -0.2) is 9.97 Å². The molecule has 2 aromatic rings. The molecule has 0 aliphatic heterocycles. The molecule has 0 saturated heterocycles. The fraction of sp³-hybridized carbons (Fsp3) is 0.167. The van der Waals surface area contributed by atoms with Crippen LogP contribution in [0.15, 0.2) is 36.8 Å². The Bertz CT molecular complexity index is 468. The van der Waals surface area contributed by atoms with Crippen LogP contribution < -0.4 is 10.5 Å². The van der Waals surface area contributed by atoms with Crippen molar-refractivity contribution in [2.45, 2.75) is 13.5 Å². The molecule has 0 bridgehead atoms. The average Bonchev–Trinajstić information content (AvgIpc) is 2.33. The number of ether oxygens (including phenoxy) is 1. The Morgan fingerprint density at radius 2 is 2.12 bits per heavy atom. The fourth-order valence-corrected chi connectivity index (χ4v) is 1.31. The third-order valence-corrected chi connectivity index (χ3v) is 2.20. The Labute approximate surface area is 94.1 Å². The maximum Gasteiger partial charge on any atom is 0.150 e. The molecule has 0 radical (unpaired) electrons. The van der Waals surface area contributed by atoms with Gasteiger partial charge in [0.05, 0.1) is 12.4 Å². The lowest BCUT2D eigenvalue weighted by Crippen LogP contribution is -1.99. The van der Waals surface area contributed by atoms with E-state index < -0.39 is 0 Å². The number of aryl methyl sites for hydroxylation is 1. The normalized spacial score (nSPS) is 10.1. The Hall–Kier alpha value is -1.94. The van der Waals surface area contributed by atoms with Gasteiger partial charge < -0.3 is 10.5 Å². The van der Waals surface area contributed by atoms with Crippen molar-refractivity contribution in [2.75, 3.05) is 0 Å². The number of aromatic nitrogens is 2. The molecule has 0 atom stereocenters. The SMILES string of the molecule is Cc1ccc(Oc2cnccc2CN)cn1. The molecule has 2 rings (SSSR count). The summed E-state index contributed by atoms with van der Waals surface area (Å²) >= 11 is 0. The van der Waals surface area contributed by atoms with E-state index in [2.05, 4.69) is 9.97 Å². The van der Waals surface area contributed by atoms with Gasteiger partial charge in [0.1, 0.15) is 11.5 Å². The second kappa shape index (κ2) is 4.72. The van der Waals surface area contributed by atoms with Crippen molar-refractivity contribution < 1.29 is 4.74 Å². The molecular weight excluding hydrogens is 202 g/mol. The molecular formula is C12H13N3O. The second-order valence-corrected chi connectivity index (χ2v) is 3.42. The van der Waals surface area contributed by atoms with E-state index >= 15 is 0 Å². The van der Waals surface area contributed by atoms with Crippen molar-refractivity contribution in [1.82, 2.24) is 9.97 Å². The molecule has 16 heavy (non-hydrogen) atoms. The molecule has 0 unspecified atom stereocenters. The van der Waals surface area contributed by atoms with Gasteiger partial charge >= 0.3 is 0 Å². The highest BCUT2D eigenvalue weighted by atomic mass is 16.5. The van der Waals surface area contributed by atoms with Gasteiger partial charge in [-0.1, -0.05) is 0 Å². The number of nitrogens with two attached hydrogens (primary N) is 1. The van der Waals surface area contributed by atoms with E-state index in [-0.39, 0.29) is 0 Å². The number of hydrogen-bond donors (Lipinski definition) is 1. The van der Waals surface area contributed by atoms with Crippen molar-refractivity contribution in [3.63, 3.8) is 0 Å². The third kappa shape index (κ3) is 2.35. The van der Waals surface area contributed by atoms with Gasteiger partial charge in [0.25, 0.3) is 0 Å². The Morgan fingerprint density at radius 3 is 2.81 bits per heavy atom. The summed E-state index contributed by atoms with van der Waals surface area (Å²) in [5.41, 5.74) is 7.49. The largest absolute Gasteiger partial charge is 0.454 e. The third-order valence-electron chi connectivity index (χ3n) is 2.20. The topological polar surface area (TPSA) is 61.0 Å². The zero-order valence-corrected chi connectivity index (χ0v) is 9.05. The van der Waals surface area contributed by atoms with Crippen molar-refractivity contribution in [3.05, 3.63) is 48.0 Å². The molecule has 0 amide bonds. The van der Waals surface area contributed by atoms with Crippen LogP contribution >= 0.6 is 0 Å². The summed E-state index contributed by atoms with van der Waals surface area (Å²) in [4.78, 5) is 8.16. The van der Waals surface area contributed by atoms with Gasteiger partial charge in [0, 0.05) is 24.0 Å². The van der Waals surface area contributed by atoms with Crippen LogP contribution in [0.25, 0.3) is 0 Å². The van der Waals surface area contributed by atoms with E-state index in [1.165, 1.54) is 0 Å². The first kappa shape index (κ1) is 10.6. The molecule has 0 aromatic carbocycles. The molecule has 0 aliphatic carbocycles. The smallest absolute Gasteiger partial charge is 0.150 e. The van der Waals surface area contributed by atoms with Gasteiger partial charge in [-0.15, -0.1) is 0 Å². The van der Waals surface area contributed by atoms with E-state index in [1.54, 1.807) is 18.6 Å². The molecule has 2 aromatic heterocycles. The van der Waals surface area contributed by atoms with Gasteiger partial charge in [-0.05, 0) is 25.1 Å². The number of nitrogens with zero attached hydrogens (tertiary/aromatic N) is 2. The van der Waals surface area contributed by atoms with Crippen molar-refractivity contribution >= 4 is 0 Å². The highest BCUT2D eigenvalue weighted by Gasteiger charge is 2.03. The maximum atomic E-state index is 5.65. The first-order chi connectivity index (χ1) is 7.79. The molecule has 0 saturated carbocycles. The lowest BCUT2D eigenvalue weighted by molar-refractivity contribution is 0.471. The van der Waals surface area contributed by atoms with Crippen molar-refractivity contribution in [1.29, 1.82) is 0 Å². The van der Waals surface area contributed by atoms with Gasteiger partial charge in [-0.25, -0.2) is 0 Å². The van der Waals surface area contributed by atoms with E-state index in [1.807, 2.05) is 25.1 Å². The molecule has 4 nitrogen and oxygen atoms in total. The number of rotatable bonds is 3. The van der Waals surface area contributed by atoms with Crippen LogP contribution in [0, 0.1) is 6.92 Å². The first-order valence-electron chi connectivity index (χ1n) is 5.03. The van der Waals surface area contributed by atoms with E-state index in [0.717, 1.165) is 11.3 Å². The van der Waals surface area contributed by atoms with Gasteiger partial charge in [-0.3, -0.25) is 9.97 Å². The minimum Gasteiger partial charge on any atom is -0.454 e. The Balaban J connectivity index is 2.23. The van der Waals surface area contributed by atoms with Crippen LogP contribution in [-0.2, 0) is 6.54 Å². The van der Waals surface area contributed by atoms with Crippen LogP contribution in [0.4, 0.5) is 0 Å². The zero-order valence-electron chi connectivity index (χ0n) is 9.05.